The van der Waals surface area contributed by atoms with E-state index < -0.39 is 0 Å². The first kappa shape index (κ1) is 23.8. The Morgan fingerprint density at radius 1 is 0.275 bits per heavy atom. The number of rotatable bonds is 6. The molecule has 40 heavy (non-hydrogen) atoms. The van der Waals surface area contributed by atoms with Crippen molar-refractivity contribution in [1.29, 1.82) is 0 Å². The van der Waals surface area contributed by atoms with Crippen molar-refractivity contribution in [3.8, 4) is 0 Å². The van der Waals surface area contributed by atoms with Gasteiger partial charge in [0.2, 0.25) is 0 Å². The van der Waals surface area contributed by atoms with Crippen LogP contribution < -0.4 is 9.80 Å². The fourth-order valence-corrected chi connectivity index (χ4v) is 5.55. The summed E-state index contributed by atoms with van der Waals surface area (Å²) in [6, 6.07) is 60.3. The number of benzene rings is 7. The zero-order valence-electron chi connectivity index (χ0n) is 22.1. The Balaban J connectivity index is 1.55. The van der Waals surface area contributed by atoms with Crippen molar-refractivity contribution in [3.63, 3.8) is 0 Å². The average molecular weight is 513 g/mol. The van der Waals surface area contributed by atoms with E-state index in [2.05, 4.69) is 180 Å². The molecule has 0 aromatic heterocycles. The molecule has 2 nitrogen and oxygen atoms in total. The summed E-state index contributed by atoms with van der Waals surface area (Å²) in [6.45, 7) is 0. The standard InChI is InChI=1S/C38H28N2/c1-5-17-31(18-6-1)39(32-19-7-2-8-20-32)37-25-26-38(36-28-30-16-14-13-15-29(30)27-35(36)37)40(33-21-9-3-10-22-33)34-23-11-4-12-24-34/h1-28H. The lowest BCUT2D eigenvalue weighted by atomic mass is 9.98. The second-order valence-electron chi connectivity index (χ2n) is 9.86. The summed E-state index contributed by atoms with van der Waals surface area (Å²) in [5, 5.41) is 4.84. The first-order valence-electron chi connectivity index (χ1n) is 13.6. The molecule has 0 N–H and O–H groups in total. The Morgan fingerprint density at radius 3 is 0.850 bits per heavy atom. The van der Waals surface area contributed by atoms with E-state index in [9.17, 15) is 0 Å². The molecule has 0 fully saturated rings. The van der Waals surface area contributed by atoms with Gasteiger partial charge in [0.15, 0.2) is 0 Å². The van der Waals surface area contributed by atoms with Crippen molar-refractivity contribution < 1.29 is 0 Å². The van der Waals surface area contributed by atoms with Crippen LogP contribution in [0.5, 0.6) is 0 Å². The van der Waals surface area contributed by atoms with E-state index in [0.29, 0.717) is 0 Å². The molecule has 0 saturated carbocycles. The molecule has 0 aliphatic rings. The molecule has 0 aliphatic carbocycles. The van der Waals surface area contributed by atoms with E-state index in [1.165, 1.54) is 21.5 Å². The Bertz CT molecular complexity index is 1660. The molecular formula is C38H28N2. The van der Waals surface area contributed by atoms with Gasteiger partial charge in [-0.3, -0.25) is 0 Å². The Kier molecular flexibility index (Phi) is 6.20. The molecule has 7 aromatic rings. The van der Waals surface area contributed by atoms with Crippen LogP contribution in [-0.4, -0.2) is 0 Å². The SMILES string of the molecule is c1ccc(N(c2ccccc2)c2ccc(N(c3ccccc3)c3ccccc3)c3cc4ccccc4cc23)cc1. The van der Waals surface area contributed by atoms with Gasteiger partial charge in [-0.1, -0.05) is 97.1 Å². The number of hydrogen-bond acceptors (Lipinski definition) is 2. The third kappa shape index (κ3) is 4.36. The largest absolute Gasteiger partial charge is 0.310 e. The lowest BCUT2D eigenvalue weighted by molar-refractivity contribution is 1.28. The molecule has 190 valence electrons. The van der Waals surface area contributed by atoms with Crippen molar-refractivity contribution in [3.05, 3.63) is 170 Å². The quantitative estimate of drug-likeness (QED) is 0.204. The first-order valence-corrected chi connectivity index (χ1v) is 13.6. The highest BCUT2D eigenvalue weighted by Crippen LogP contribution is 2.46. The van der Waals surface area contributed by atoms with Gasteiger partial charge in [-0.2, -0.15) is 0 Å². The van der Waals surface area contributed by atoms with Crippen LogP contribution in [0, 0.1) is 0 Å². The third-order valence-corrected chi connectivity index (χ3v) is 7.38. The molecule has 2 heteroatoms. The maximum Gasteiger partial charge on any atom is 0.0541 e. The lowest BCUT2D eigenvalue weighted by Gasteiger charge is -2.30. The van der Waals surface area contributed by atoms with Gasteiger partial charge in [0.1, 0.15) is 0 Å². The van der Waals surface area contributed by atoms with Crippen LogP contribution in [0.25, 0.3) is 21.5 Å². The van der Waals surface area contributed by atoms with Crippen molar-refractivity contribution in [1.82, 2.24) is 0 Å². The van der Waals surface area contributed by atoms with Crippen LogP contribution in [0.3, 0.4) is 0 Å². The molecule has 0 unspecified atom stereocenters. The second kappa shape index (κ2) is 10.4. The number of hydrogen-bond donors (Lipinski definition) is 0. The second-order valence-corrected chi connectivity index (χ2v) is 9.86. The van der Waals surface area contributed by atoms with Crippen LogP contribution in [0.1, 0.15) is 0 Å². The Hall–Kier alpha value is -5.34. The van der Waals surface area contributed by atoms with E-state index in [1.54, 1.807) is 0 Å². The van der Waals surface area contributed by atoms with Gasteiger partial charge < -0.3 is 9.80 Å². The van der Waals surface area contributed by atoms with Gasteiger partial charge >= 0.3 is 0 Å². The number of para-hydroxylation sites is 4. The van der Waals surface area contributed by atoms with Crippen LogP contribution >= 0.6 is 0 Å². The average Bonchev–Trinajstić information content (AvgIpc) is 3.03. The lowest BCUT2D eigenvalue weighted by Crippen LogP contribution is -2.13. The van der Waals surface area contributed by atoms with Gasteiger partial charge in [0.25, 0.3) is 0 Å². The van der Waals surface area contributed by atoms with E-state index in [4.69, 9.17) is 0 Å². The summed E-state index contributed by atoms with van der Waals surface area (Å²) in [7, 11) is 0. The maximum atomic E-state index is 2.36. The summed E-state index contributed by atoms with van der Waals surface area (Å²) in [4.78, 5) is 4.71. The van der Waals surface area contributed by atoms with E-state index in [1.807, 2.05) is 0 Å². The van der Waals surface area contributed by atoms with E-state index in [0.717, 1.165) is 34.1 Å². The van der Waals surface area contributed by atoms with Crippen LogP contribution in [-0.2, 0) is 0 Å². The minimum Gasteiger partial charge on any atom is -0.310 e. The molecule has 0 aliphatic heterocycles. The molecule has 0 heterocycles. The third-order valence-electron chi connectivity index (χ3n) is 7.38. The van der Waals surface area contributed by atoms with Gasteiger partial charge in [-0.25, -0.2) is 0 Å². The minimum absolute atomic E-state index is 1.12. The normalized spacial score (nSPS) is 11.0. The zero-order chi connectivity index (χ0) is 26.7. The fourth-order valence-electron chi connectivity index (χ4n) is 5.55. The van der Waals surface area contributed by atoms with Crippen molar-refractivity contribution in [2.24, 2.45) is 0 Å². The summed E-state index contributed by atoms with van der Waals surface area (Å²) < 4.78 is 0. The molecule has 7 aromatic carbocycles. The van der Waals surface area contributed by atoms with Gasteiger partial charge in [-0.05, 0) is 83.6 Å². The number of anilines is 6. The number of nitrogens with zero attached hydrogens (tertiary/aromatic N) is 2. The minimum atomic E-state index is 1.12. The highest BCUT2D eigenvalue weighted by molar-refractivity contribution is 6.12. The van der Waals surface area contributed by atoms with Crippen molar-refractivity contribution in [2.45, 2.75) is 0 Å². The molecule has 0 bridgehead atoms. The molecule has 0 radical (unpaired) electrons. The summed E-state index contributed by atoms with van der Waals surface area (Å²) in [5.41, 5.74) is 6.78. The van der Waals surface area contributed by atoms with Crippen LogP contribution in [0.15, 0.2) is 170 Å². The van der Waals surface area contributed by atoms with Crippen molar-refractivity contribution >= 4 is 55.7 Å². The Morgan fingerprint density at radius 2 is 0.550 bits per heavy atom. The van der Waals surface area contributed by atoms with Crippen LogP contribution in [0.2, 0.25) is 0 Å². The van der Waals surface area contributed by atoms with E-state index >= 15 is 0 Å². The number of fused-ring (bicyclic) bond motifs is 2. The summed E-state index contributed by atoms with van der Waals surface area (Å²) >= 11 is 0. The maximum absolute atomic E-state index is 2.36. The van der Waals surface area contributed by atoms with Gasteiger partial charge in [-0.15, -0.1) is 0 Å². The highest BCUT2D eigenvalue weighted by atomic mass is 15.2. The van der Waals surface area contributed by atoms with Gasteiger partial charge in [0, 0.05) is 33.5 Å². The van der Waals surface area contributed by atoms with Crippen LogP contribution in [0.4, 0.5) is 34.1 Å². The molecule has 7 rings (SSSR count). The van der Waals surface area contributed by atoms with Gasteiger partial charge in [0.05, 0.1) is 11.4 Å². The molecule has 0 atom stereocenters. The zero-order valence-corrected chi connectivity index (χ0v) is 22.1. The predicted octanol–water partition coefficient (Wildman–Crippen LogP) is 10.9. The monoisotopic (exact) mass is 512 g/mol. The molecule has 0 amide bonds. The first-order chi connectivity index (χ1) is 19.9. The summed E-state index contributed by atoms with van der Waals surface area (Å²) in [5.74, 6) is 0. The van der Waals surface area contributed by atoms with Crippen molar-refractivity contribution in [2.75, 3.05) is 9.80 Å². The predicted molar refractivity (Wildman–Crippen MR) is 171 cm³/mol. The molecular weight excluding hydrogens is 484 g/mol. The smallest absolute Gasteiger partial charge is 0.0541 e. The molecule has 0 spiro atoms. The Labute approximate surface area is 235 Å². The van der Waals surface area contributed by atoms with E-state index in [-0.39, 0.29) is 0 Å². The summed E-state index contributed by atoms with van der Waals surface area (Å²) in [6.07, 6.45) is 0. The highest BCUT2D eigenvalue weighted by Gasteiger charge is 2.21. The topological polar surface area (TPSA) is 6.48 Å². The molecule has 0 saturated heterocycles. The fraction of sp³-hybridized carbons (Fsp3) is 0.